The van der Waals surface area contributed by atoms with Crippen LogP contribution in [0.1, 0.15) is 33.3 Å². The molecule has 0 unspecified atom stereocenters. The summed E-state index contributed by atoms with van der Waals surface area (Å²) in [5.74, 6) is 0. The summed E-state index contributed by atoms with van der Waals surface area (Å²) in [7, 11) is -0.350. The van der Waals surface area contributed by atoms with Gasteiger partial charge in [0.15, 0.2) is 0 Å². The lowest BCUT2D eigenvalue weighted by Gasteiger charge is -2.32. The summed E-state index contributed by atoms with van der Waals surface area (Å²) in [6, 6.07) is 8.15. The number of para-hydroxylation sites is 1. The van der Waals surface area contributed by atoms with Crippen LogP contribution in [0.4, 0.5) is 0 Å². The molecule has 0 saturated carbocycles. The van der Waals surface area contributed by atoms with Crippen molar-refractivity contribution in [3.05, 3.63) is 36.0 Å². The third-order valence-corrected chi connectivity index (χ3v) is 4.59. The number of pyridine rings is 1. The molecule has 0 radical (unpaired) electrons. The van der Waals surface area contributed by atoms with Crippen molar-refractivity contribution >= 4 is 23.5 Å². The molecule has 1 aliphatic heterocycles. The number of aromatic nitrogens is 1. The summed E-state index contributed by atoms with van der Waals surface area (Å²) in [4.78, 5) is 4.52. The molecule has 1 saturated heterocycles. The Morgan fingerprint density at radius 1 is 1.00 bits per heavy atom. The molecule has 0 amide bonds. The zero-order valence-electron chi connectivity index (χ0n) is 12.7. The van der Waals surface area contributed by atoms with E-state index in [2.05, 4.69) is 45.7 Å². The van der Waals surface area contributed by atoms with E-state index in [0.717, 1.165) is 16.4 Å². The highest BCUT2D eigenvalue weighted by atomic mass is 16.7. The number of hydrogen-bond donors (Lipinski definition) is 0. The molecule has 20 heavy (non-hydrogen) atoms. The Morgan fingerprint density at radius 3 is 2.25 bits per heavy atom. The van der Waals surface area contributed by atoms with Gasteiger partial charge in [0.1, 0.15) is 0 Å². The van der Waals surface area contributed by atoms with Crippen molar-refractivity contribution in [3.63, 3.8) is 0 Å². The Kier molecular flexibility index (Phi) is 2.92. The molecule has 104 valence electrons. The van der Waals surface area contributed by atoms with Gasteiger partial charge in [0, 0.05) is 17.0 Å². The normalized spacial score (nSPS) is 20.6. The standard InChI is InChI=1S/C16H20BNO2/c1-11-12-8-6-7-9-14(12)18-10-13(11)17-19-15(2,3)16(4,5)20-17/h6-10H,1-5H3. The summed E-state index contributed by atoms with van der Waals surface area (Å²) >= 11 is 0. The van der Waals surface area contributed by atoms with E-state index in [4.69, 9.17) is 9.31 Å². The van der Waals surface area contributed by atoms with Gasteiger partial charge in [-0.25, -0.2) is 0 Å². The topological polar surface area (TPSA) is 31.4 Å². The first-order valence-electron chi connectivity index (χ1n) is 7.02. The van der Waals surface area contributed by atoms with Gasteiger partial charge in [-0.1, -0.05) is 18.2 Å². The zero-order chi connectivity index (χ0) is 14.5. The van der Waals surface area contributed by atoms with E-state index in [1.807, 2.05) is 24.4 Å². The van der Waals surface area contributed by atoms with Crippen LogP contribution in [0, 0.1) is 6.92 Å². The van der Waals surface area contributed by atoms with E-state index in [-0.39, 0.29) is 18.3 Å². The van der Waals surface area contributed by atoms with Crippen LogP contribution in [0.25, 0.3) is 10.9 Å². The Labute approximate surface area is 120 Å². The fraction of sp³-hybridized carbons (Fsp3) is 0.438. The fourth-order valence-electron chi connectivity index (χ4n) is 2.50. The minimum atomic E-state index is -0.350. The highest BCUT2D eigenvalue weighted by Gasteiger charge is 2.52. The van der Waals surface area contributed by atoms with Gasteiger partial charge >= 0.3 is 7.12 Å². The van der Waals surface area contributed by atoms with Gasteiger partial charge in [0.05, 0.1) is 16.7 Å². The fourth-order valence-corrected chi connectivity index (χ4v) is 2.50. The maximum Gasteiger partial charge on any atom is 0.496 e. The minimum Gasteiger partial charge on any atom is -0.399 e. The number of aryl methyl sites for hydroxylation is 1. The molecule has 2 aromatic rings. The van der Waals surface area contributed by atoms with Gasteiger partial charge in [-0.2, -0.15) is 0 Å². The van der Waals surface area contributed by atoms with E-state index in [1.165, 1.54) is 5.56 Å². The molecule has 1 fully saturated rings. The van der Waals surface area contributed by atoms with Crippen LogP contribution in [-0.2, 0) is 9.31 Å². The van der Waals surface area contributed by atoms with Crippen molar-refractivity contribution < 1.29 is 9.31 Å². The van der Waals surface area contributed by atoms with Crippen LogP contribution in [0.5, 0.6) is 0 Å². The monoisotopic (exact) mass is 269 g/mol. The molecule has 4 heteroatoms. The van der Waals surface area contributed by atoms with E-state index in [0.29, 0.717) is 0 Å². The van der Waals surface area contributed by atoms with Crippen LogP contribution in [0.2, 0.25) is 0 Å². The number of benzene rings is 1. The van der Waals surface area contributed by atoms with E-state index in [1.54, 1.807) is 0 Å². The summed E-state index contributed by atoms with van der Waals surface area (Å²) < 4.78 is 12.2. The first-order valence-corrected chi connectivity index (χ1v) is 7.02. The number of nitrogens with zero attached hydrogens (tertiary/aromatic N) is 1. The van der Waals surface area contributed by atoms with Crippen LogP contribution in [0.3, 0.4) is 0 Å². The second kappa shape index (κ2) is 4.30. The van der Waals surface area contributed by atoms with Gasteiger partial charge in [-0.05, 0) is 46.2 Å². The van der Waals surface area contributed by atoms with E-state index in [9.17, 15) is 0 Å². The van der Waals surface area contributed by atoms with Gasteiger partial charge in [0.25, 0.3) is 0 Å². The van der Waals surface area contributed by atoms with Crippen molar-refractivity contribution in [1.82, 2.24) is 4.98 Å². The SMILES string of the molecule is Cc1c(B2OC(C)(C)C(C)(C)O2)cnc2ccccc12. The smallest absolute Gasteiger partial charge is 0.399 e. The molecular formula is C16H20BNO2. The molecule has 2 heterocycles. The first kappa shape index (κ1) is 13.6. The van der Waals surface area contributed by atoms with Crippen molar-refractivity contribution in [2.45, 2.75) is 45.8 Å². The zero-order valence-corrected chi connectivity index (χ0v) is 12.7. The second-order valence-electron chi connectivity index (χ2n) is 6.44. The number of fused-ring (bicyclic) bond motifs is 1. The lowest BCUT2D eigenvalue weighted by molar-refractivity contribution is 0.00578. The molecule has 0 bridgehead atoms. The molecule has 1 aromatic carbocycles. The predicted octanol–water partition coefficient (Wildman–Crippen LogP) is 2.84. The predicted molar refractivity (Wildman–Crippen MR) is 82.2 cm³/mol. The van der Waals surface area contributed by atoms with Gasteiger partial charge in [-0.3, -0.25) is 4.98 Å². The first-order chi connectivity index (χ1) is 9.32. The molecule has 0 aliphatic carbocycles. The van der Waals surface area contributed by atoms with Gasteiger partial charge in [0.2, 0.25) is 0 Å². The molecule has 3 rings (SSSR count). The molecule has 0 N–H and O–H groups in total. The van der Waals surface area contributed by atoms with E-state index >= 15 is 0 Å². The average Bonchev–Trinajstić information content (AvgIpc) is 2.59. The molecule has 3 nitrogen and oxygen atoms in total. The summed E-state index contributed by atoms with van der Waals surface area (Å²) in [5, 5.41) is 1.15. The third kappa shape index (κ3) is 1.95. The maximum absolute atomic E-state index is 6.12. The summed E-state index contributed by atoms with van der Waals surface area (Å²) in [6.07, 6.45) is 1.87. The van der Waals surface area contributed by atoms with Crippen LogP contribution in [0.15, 0.2) is 30.5 Å². The summed E-state index contributed by atoms with van der Waals surface area (Å²) in [5.41, 5.74) is 2.55. The Bertz CT molecular complexity index is 651. The van der Waals surface area contributed by atoms with E-state index < -0.39 is 0 Å². The molecule has 1 aliphatic rings. The lowest BCUT2D eigenvalue weighted by Crippen LogP contribution is -2.41. The van der Waals surface area contributed by atoms with Crippen molar-refractivity contribution in [2.24, 2.45) is 0 Å². The minimum absolute atomic E-state index is 0.324. The Morgan fingerprint density at radius 2 is 1.60 bits per heavy atom. The molecule has 1 aromatic heterocycles. The average molecular weight is 269 g/mol. The lowest BCUT2D eigenvalue weighted by atomic mass is 9.76. The largest absolute Gasteiger partial charge is 0.496 e. The molecule has 0 atom stereocenters. The highest BCUT2D eigenvalue weighted by Crippen LogP contribution is 2.36. The third-order valence-electron chi connectivity index (χ3n) is 4.59. The molecular weight excluding hydrogens is 249 g/mol. The van der Waals surface area contributed by atoms with Crippen LogP contribution >= 0.6 is 0 Å². The molecule has 0 spiro atoms. The Balaban J connectivity index is 2.06. The quantitative estimate of drug-likeness (QED) is 0.746. The number of rotatable bonds is 1. The number of hydrogen-bond acceptors (Lipinski definition) is 3. The Hall–Kier alpha value is -1.39. The second-order valence-corrected chi connectivity index (χ2v) is 6.44. The highest BCUT2D eigenvalue weighted by molar-refractivity contribution is 6.62. The van der Waals surface area contributed by atoms with Gasteiger partial charge in [-0.15, -0.1) is 0 Å². The van der Waals surface area contributed by atoms with Crippen molar-refractivity contribution in [2.75, 3.05) is 0 Å². The van der Waals surface area contributed by atoms with Crippen LogP contribution in [-0.4, -0.2) is 23.3 Å². The van der Waals surface area contributed by atoms with Crippen LogP contribution < -0.4 is 5.46 Å². The van der Waals surface area contributed by atoms with Gasteiger partial charge < -0.3 is 9.31 Å². The van der Waals surface area contributed by atoms with Crippen molar-refractivity contribution in [3.8, 4) is 0 Å². The van der Waals surface area contributed by atoms with Crippen molar-refractivity contribution in [1.29, 1.82) is 0 Å². The summed E-state index contributed by atoms with van der Waals surface area (Å²) in [6.45, 7) is 10.4. The maximum atomic E-state index is 6.12.